The molecule has 0 aliphatic rings. The van der Waals surface area contributed by atoms with Crippen molar-refractivity contribution in [2.75, 3.05) is 12.4 Å². The van der Waals surface area contributed by atoms with E-state index in [-0.39, 0.29) is 6.10 Å². The summed E-state index contributed by atoms with van der Waals surface area (Å²) in [7, 11) is 1.61. The minimum absolute atomic E-state index is 0.166. The lowest BCUT2D eigenvalue weighted by Crippen LogP contribution is -2.09. The molecule has 2 rings (SSSR count). The minimum Gasteiger partial charge on any atom is -0.491 e. The van der Waals surface area contributed by atoms with Gasteiger partial charge in [-0.15, -0.1) is 0 Å². The fourth-order valence-electron chi connectivity index (χ4n) is 1.82. The van der Waals surface area contributed by atoms with Crippen LogP contribution in [0.4, 0.5) is 5.69 Å². The number of anilines is 1. The molecule has 0 spiro atoms. The van der Waals surface area contributed by atoms with Gasteiger partial charge in [-0.25, -0.2) is 4.98 Å². The smallest absolute Gasteiger partial charge is 0.213 e. The first-order valence-corrected chi connectivity index (χ1v) is 6.67. The Labute approximate surface area is 119 Å². The maximum absolute atomic E-state index is 5.79. The third-order valence-electron chi connectivity index (χ3n) is 2.76. The molecule has 1 aromatic carbocycles. The van der Waals surface area contributed by atoms with Crippen LogP contribution in [-0.2, 0) is 6.54 Å². The first kappa shape index (κ1) is 14.2. The summed E-state index contributed by atoms with van der Waals surface area (Å²) in [4.78, 5) is 4.16. The van der Waals surface area contributed by atoms with Crippen LogP contribution >= 0.6 is 0 Å². The molecule has 0 saturated heterocycles. The molecule has 0 amide bonds. The Hall–Kier alpha value is -2.23. The highest BCUT2D eigenvalue weighted by Gasteiger charge is 2.05. The topological polar surface area (TPSA) is 43.4 Å². The van der Waals surface area contributed by atoms with Gasteiger partial charge < -0.3 is 14.8 Å². The van der Waals surface area contributed by atoms with Gasteiger partial charge in [0.2, 0.25) is 5.88 Å². The molecule has 2 aromatic rings. The van der Waals surface area contributed by atoms with Crippen LogP contribution in [-0.4, -0.2) is 18.2 Å². The fraction of sp³-hybridized carbons (Fsp3) is 0.312. The quantitative estimate of drug-likeness (QED) is 0.874. The second-order valence-corrected chi connectivity index (χ2v) is 4.72. The maximum atomic E-state index is 5.79. The van der Waals surface area contributed by atoms with Gasteiger partial charge in [0, 0.05) is 18.2 Å². The zero-order chi connectivity index (χ0) is 14.4. The zero-order valence-corrected chi connectivity index (χ0v) is 12.1. The number of aromatic nitrogens is 1. The summed E-state index contributed by atoms with van der Waals surface area (Å²) in [6, 6.07) is 11.8. The summed E-state index contributed by atoms with van der Waals surface area (Å²) in [6.07, 6.45) is 1.92. The lowest BCUT2D eigenvalue weighted by atomic mass is 10.2. The van der Waals surface area contributed by atoms with Crippen molar-refractivity contribution >= 4 is 5.69 Å². The summed E-state index contributed by atoms with van der Waals surface area (Å²) < 4.78 is 10.8. The number of hydrogen-bond acceptors (Lipinski definition) is 4. The van der Waals surface area contributed by atoms with Crippen LogP contribution in [0.1, 0.15) is 19.4 Å². The summed E-state index contributed by atoms with van der Waals surface area (Å²) in [6.45, 7) is 4.74. The molecule has 1 aromatic heterocycles. The van der Waals surface area contributed by atoms with E-state index < -0.39 is 0 Å². The van der Waals surface area contributed by atoms with E-state index >= 15 is 0 Å². The predicted molar refractivity (Wildman–Crippen MR) is 80.3 cm³/mol. The number of methoxy groups -OCH3 is 1. The molecule has 0 fully saturated rings. The standard InChI is InChI=1S/C16H20N2O2/c1-12(2)20-15-7-5-4-6-13(15)10-17-14-8-9-16(19-3)18-11-14/h4-9,11-12,17H,10H2,1-3H3. The Bertz CT molecular complexity index is 538. The number of nitrogens with one attached hydrogen (secondary N) is 1. The first-order valence-electron chi connectivity index (χ1n) is 6.67. The van der Waals surface area contributed by atoms with Crippen LogP contribution in [0, 0.1) is 0 Å². The first-order chi connectivity index (χ1) is 9.69. The molecule has 106 valence electrons. The van der Waals surface area contributed by atoms with E-state index in [0.29, 0.717) is 12.4 Å². The second kappa shape index (κ2) is 6.80. The molecule has 0 saturated carbocycles. The van der Waals surface area contributed by atoms with Crippen molar-refractivity contribution in [3.8, 4) is 11.6 Å². The van der Waals surface area contributed by atoms with E-state index in [1.807, 2.05) is 44.2 Å². The maximum Gasteiger partial charge on any atom is 0.213 e. The third-order valence-corrected chi connectivity index (χ3v) is 2.76. The number of rotatable bonds is 6. The van der Waals surface area contributed by atoms with Gasteiger partial charge in [0.05, 0.1) is 25.1 Å². The molecular formula is C16H20N2O2. The lowest BCUT2D eigenvalue weighted by Gasteiger charge is -2.15. The molecular weight excluding hydrogens is 252 g/mol. The Kier molecular flexibility index (Phi) is 4.82. The highest BCUT2D eigenvalue weighted by Crippen LogP contribution is 2.21. The Morgan fingerprint density at radius 3 is 2.60 bits per heavy atom. The predicted octanol–water partition coefficient (Wildman–Crippen LogP) is 3.49. The van der Waals surface area contributed by atoms with E-state index in [4.69, 9.17) is 9.47 Å². The molecule has 0 aliphatic heterocycles. The molecule has 0 bridgehead atoms. The Morgan fingerprint density at radius 1 is 1.15 bits per heavy atom. The van der Waals surface area contributed by atoms with Crippen LogP contribution in [0.15, 0.2) is 42.6 Å². The molecule has 0 aliphatic carbocycles. The molecule has 4 nitrogen and oxygen atoms in total. The summed E-state index contributed by atoms with van der Waals surface area (Å²) in [5, 5.41) is 3.33. The second-order valence-electron chi connectivity index (χ2n) is 4.72. The number of ether oxygens (including phenoxy) is 2. The molecule has 0 unspecified atom stereocenters. The molecule has 0 radical (unpaired) electrons. The van der Waals surface area contributed by atoms with Crippen molar-refractivity contribution in [2.45, 2.75) is 26.5 Å². The van der Waals surface area contributed by atoms with Crippen molar-refractivity contribution in [3.63, 3.8) is 0 Å². The largest absolute Gasteiger partial charge is 0.491 e. The average Bonchev–Trinajstić information content (AvgIpc) is 2.46. The number of hydrogen-bond donors (Lipinski definition) is 1. The average molecular weight is 272 g/mol. The molecule has 4 heteroatoms. The van der Waals surface area contributed by atoms with Gasteiger partial charge in [0.25, 0.3) is 0 Å². The normalized spacial score (nSPS) is 10.4. The molecule has 1 N–H and O–H groups in total. The number of para-hydroxylation sites is 1. The fourth-order valence-corrected chi connectivity index (χ4v) is 1.82. The van der Waals surface area contributed by atoms with Gasteiger partial charge in [0.1, 0.15) is 5.75 Å². The SMILES string of the molecule is COc1ccc(NCc2ccccc2OC(C)C)cn1. The van der Waals surface area contributed by atoms with Crippen LogP contribution in [0.25, 0.3) is 0 Å². The van der Waals surface area contributed by atoms with Crippen molar-refractivity contribution in [1.82, 2.24) is 4.98 Å². The van der Waals surface area contributed by atoms with E-state index in [2.05, 4.69) is 16.4 Å². The van der Waals surface area contributed by atoms with Crippen LogP contribution in [0.5, 0.6) is 11.6 Å². The van der Waals surface area contributed by atoms with Gasteiger partial charge >= 0.3 is 0 Å². The number of benzene rings is 1. The van der Waals surface area contributed by atoms with Crippen molar-refractivity contribution in [1.29, 1.82) is 0 Å². The van der Waals surface area contributed by atoms with Crippen molar-refractivity contribution in [3.05, 3.63) is 48.2 Å². The lowest BCUT2D eigenvalue weighted by molar-refractivity contribution is 0.240. The van der Waals surface area contributed by atoms with Crippen LogP contribution in [0.2, 0.25) is 0 Å². The highest BCUT2D eigenvalue weighted by atomic mass is 16.5. The van der Waals surface area contributed by atoms with Crippen LogP contribution in [0.3, 0.4) is 0 Å². The molecule has 0 atom stereocenters. The Balaban J connectivity index is 2.02. The summed E-state index contributed by atoms with van der Waals surface area (Å²) >= 11 is 0. The third kappa shape index (κ3) is 3.88. The van der Waals surface area contributed by atoms with Gasteiger partial charge in [0.15, 0.2) is 0 Å². The van der Waals surface area contributed by atoms with Gasteiger partial charge in [-0.1, -0.05) is 18.2 Å². The van der Waals surface area contributed by atoms with E-state index in [9.17, 15) is 0 Å². The van der Waals surface area contributed by atoms with Crippen molar-refractivity contribution in [2.24, 2.45) is 0 Å². The minimum atomic E-state index is 0.166. The van der Waals surface area contributed by atoms with Gasteiger partial charge in [-0.3, -0.25) is 0 Å². The van der Waals surface area contributed by atoms with E-state index in [0.717, 1.165) is 17.0 Å². The van der Waals surface area contributed by atoms with Gasteiger partial charge in [-0.05, 0) is 26.0 Å². The monoisotopic (exact) mass is 272 g/mol. The van der Waals surface area contributed by atoms with E-state index in [1.165, 1.54) is 0 Å². The molecule has 1 heterocycles. The van der Waals surface area contributed by atoms with E-state index in [1.54, 1.807) is 13.3 Å². The van der Waals surface area contributed by atoms with Crippen molar-refractivity contribution < 1.29 is 9.47 Å². The number of nitrogens with zero attached hydrogens (tertiary/aromatic N) is 1. The highest BCUT2D eigenvalue weighted by molar-refractivity contribution is 5.44. The number of pyridine rings is 1. The zero-order valence-electron chi connectivity index (χ0n) is 12.1. The van der Waals surface area contributed by atoms with Crippen LogP contribution < -0.4 is 14.8 Å². The summed E-state index contributed by atoms with van der Waals surface area (Å²) in [5.41, 5.74) is 2.07. The Morgan fingerprint density at radius 2 is 1.95 bits per heavy atom. The summed E-state index contributed by atoms with van der Waals surface area (Å²) in [5.74, 6) is 1.52. The van der Waals surface area contributed by atoms with Gasteiger partial charge in [-0.2, -0.15) is 0 Å². The molecule has 20 heavy (non-hydrogen) atoms.